The van der Waals surface area contributed by atoms with Gasteiger partial charge in [0.2, 0.25) is 0 Å². The maximum atomic E-state index is 13.6. The average molecular weight is 328 g/mol. The smallest absolute Gasteiger partial charge is 0.299 e. The second-order valence-corrected chi connectivity index (χ2v) is 7.67. The third kappa shape index (κ3) is 3.52. The third-order valence-electron chi connectivity index (χ3n) is 4.33. The Morgan fingerprint density at radius 3 is 2.68 bits per heavy atom. The molecule has 2 aliphatic rings. The van der Waals surface area contributed by atoms with Gasteiger partial charge in [-0.2, -0.15) is 13.1 Å². The van der Waals surface area contributed by atoms with Gasteiger partial charge in [0.1, 0.15) is 11.6 Å². The van der Waals surface area contributed by atoms with E-state index in [9.17, 15) is 12.8 Å². The lowest BCUT2D eigenvalue weighted by Gasteiger charge is -2.26. The van der Waals surface area contributed by atoms with Crippen molar-refractivity contribution in [3.05, 3.63) is 23.5 Å². The normalized spacial score (nSPS) is 24.6. The Hall–Kier alpha value is -1.34. The highest BCUT2D eigenvalue weighted by Crippen LogP contribution is 2.35. The molecule has 3 rings (SSSR count). The minimum atomic E-state index is -3.74. The van der Waals surface area contributed by atoms with Gasteiger partial charge in [-0.05, 0) is 37.7 Å². The highest BCUT2D eigenvalue weighted by Gasteiger charge is 2.25. The Kier molecular flexibility index (Phi) is 4.27. The molecule has 5 nitrogen and oxygen atoms in total. The first-order valence-corrected chi connectivity index (χ1v) is 9.16. The standard InChI is InChI=1S/C15H21FN2O3S/c1-10-2-4-13(5-3-10)17-22(19,20)18-14-9-12(16)8-11-6-7-21-15(11)14/h8-10,13,17-18H,2-7H2,1H3. The zero-order valence-corrected chi connectivity index (χ0v) is 13.4. The first-order valence-electron chi connectivity index (χ1n) is 7.68. The summed E-state index contributed by atoms with van der Waals surface area (Å²) in [5.41, 5.74) is 0.869. The van der Waals surface area contributed by atoms with E-state index in [1.54, 1.807) is 0 Å². The number of rotatable bonds is 4. The van der Waals surface area contributed by atoms with E-state index in [-0.39, 0.29) is 11.7 Å². The first-order chi connectivity index (χ1) is 10.4. The van der Waals surface area contributed by atoms with Gasteiger partial charge in [0.15, 0.2) is 0 Å². The largest absolute Gasteiger partial charge is 0.491 e. The number of fused-ring (bicyclic) bond motifs is 1. The van der Waals surface area contributed by atoms with Crippen LogP contribution >= 0.6 is 0 Å². The van der Waals surface area contributed by atoms with Crippen LogP contribution in [0, 0.1) is 11.7 Å². The quantitative estimate of drug-likeness (QED) is 0.893. The van der Waals surface area contributed by atoms with E-state index >= 15 is 0 Å². The molecule has 0 radical (unpaired) electrons. The van der Waals surface area contributed by atoms with Gasteiger partial charge in [0.25, 0.3) is 10.2 Å². The molecule has 22 heavy (non-hydrogen) atoms. The summed E-state index contributed by atoms with van der Waals surface area (Å²) in [6.07, 6.45) is 4.30. The summed E-state index contributed by atoms with van der Waals surface area (Å²) in [6.45, 7) is 2.62. The lowest BCUT2D eigenvalue weighted by molar-refractivity contribution is 0.332. The van der Waals surface area contributed by atoms with E-state index in [1.165, 1.54) is 6.07 Å². The van der Waals surface area contributed by atoms with Crippen molar-refractivity contribution in [1.29, 1.82) is 0 Å². The van der Waals surface area contributed by atoms with Gasteiger partial charge >= 0.3 is 0 Å². The molecule has 1 aliphatic carbocycles. The molecule has 0 spiro atoms. The highest BCUT2D eigenvalue weighted by molar-refractivity contribution is 7.90. The summed E-state index contributed by atoms with van der Waals surface area (Å²) >= 11 is 0. The van der Waals surface area contributed by atoms with E-state index in [0.717, 1.165) is 31.7 Å². The molecular formula is C15H21FN2O3S. The molecule has 1 fully saturated rings. The van der Waals surface area contributed by atoms with Crippen molar-refractivity contribution in [1.82, 2.24) is 4.72 Å². The number of hydrogen-bond acceptors (Lipinski definition) is 3. The molecule has 1 heterocycles. The molecule has 0 amide bonds. The number of benzene rings is 1. The second kappa shape index (κ2) is 6.04. The number of nitrogens with one attached hydrogen (secondary N) is 2. The van der Waals surface area contributed by atoms with Crippen molar-refractivity contribution in [3.8, 4) is 5.75 Å². The molecule has 122 valence electrons. The fraction of sp³-hybridized carbons (Fsp3) is 0.600. The third-order valence-corrected chi connectivity index (χ3v) is 5.46. The van der Waals surface area contributed by atoms with Crippen molar-refractivity contribution >= 4 is 15.9 Å². The molecule has 1 saturated carbocycles. The van der Waals surface area contributed by atoms with Crippen LogP contribution in [0.5, 0.6) is 5.75 Å². The van der Waals surface area contributed by atoms with Crippen LogP contribution in [-0.2, 0) is 16.6 Å². The molecule has 0 bridgehead atoms. The van der Waals surface area contributed by atoms with Crippen LogP contribution in [0.2, 0.25) is 0 Å². The summed E-state index contributed by atoms with van der Waals surface area (Å²) in [6, 6.07) is 2.49. The highest BCUT2D eigenvalue weighted by atomic mass is 32.2. The van der Waals surface area contributed by atoms with Crippen LogP contribution in [-0.4, -0.2) is 21.1 Å². The molecule has 7 heteroatoms. The fourth-order valence-corrected chi connectivity index (χ4v) is 4.29. The summed E-state index contributed by atoms with van der Waals surface area (Å²) in [7, 11) is -3.74. The SMILES string of the molecule is CC1CCC(NS(=O)(=O)Nc2cc(F)cc3c2OCC3)CC1. The lowest BCUT2D eigenvalue weighted by atomic mass is 9.88. The number of halogens is 1. The van der Waals surface area contributed by atoms with Gasteiger partial charge in [0, 0.05) is 24.1 Å². The van der Waals surface area contributed by atoms with Crippen LogP contribution in [0.3, 0.4) is 0 Å². The van der Waals surface area contributed by atoms with Crippen molar-refractivity contribution in [3.63, 3.8) is 0 Å². The van der Waals surface area contributed by atoms with Crippen LogP contribution in [0.25, 0.3) is 0 Å². The van der Waals surface area contributed by atoms with Gasteiger partial charge in [-0.25, -0.2) is 4.39 Å². The minimum Gasteiger partial charge on any atom is -0.491 e. The van der Waals surface area contributed by atoms with Crippen LogP contribution in [0.15, 0.2) is 12.1 Å². The molecule has 1 aromatic rings. The topological polar surface area (TPSA) is 67.4 Å². The van der Waals surface area contributed by atoms with E-state index in [2.05, 4.69) is 16.4 Å². The summed E-state index contributed by atoms with van der Waals surface area (Å²) in [4.78, 5) is 0. The van der Waals surface area contributed by atoms with Crippen molar-refractivity contribution < 1.29 is 17.5 Å². The van der Waals surface area contributed by atoms with E-state index in [1.807, 2.05) is 0 Å². The van der Waals surface area contributed by atoms with Crippen LogP contribution in [0.1, 0.15) is 38.2 Å². The fourth-order valence-electron chi connectivity index (χ4n) is 3.12. The van der Waals surface area contributed by atoms with Crippen LogP contribution < -0.4 is 14.2 Å². The maximum absolute atomic E-state index is 13.6. The Bertz CT molecular complexity index is 655. The van der Waals surface area contributed by atoms with E-state index < -0.39 is 16.0 Å². The average Bonchev–Trinajstić information content (AvgIpc) is 2.89. The zero-order chi connectivity index (χ0) is 15.7. The summed E-state index contributed by atoms with van der Waals surface area (Å²) in [5, 5.41) is 0. The van der Waals surface area contributed by atoms with Gasteiger partial charge in [-0.3, -0.25) is 4.72 Å². The monoisotopic (exact) mass is 328 g/mol. The van der Waals surface area contributed by atoms with Crippen molar-refractivity contribution in [2.75, 3.05) is 11.3 Å². The summed E-state index contributed by atoms with van der Waals surface area (Å²) < 4.78 is 48.6. The predicted octanol–water partition coefficient (Wildman–Crippen LogP) is 2.59. The molecule has 0 unspecified atom stereocenters. The molecule has 1 aromatic carbocycles. The lowest BCUT2D eigenvalue weighted by Crippen LogP contribution is -2.40. The number of anilines is 1. The second-order valence-electron chi connectivity index (χ2n) is 6.22. The Morgan fingerprint density at radius 2 is 1.95 bits per heavy atom. The Labute approximate surface area is 130 Å². The van der Waals surface area contributed by atoms with Gasteiger partial charge < -0.3 is 4.74 Å². The number of ether oxygens (including phenoxy) is 1. The minimum absolute atomic E-state index is 0.0590. The molecule has 0 aromatic heterocycles. The zero-order valence-electron chi connectivity index (χ0n) is 12.6. The van der Waals surface area contributed by atoms with Gasteiger partial charge in [-0.15, -0.1) is 0 Å². The van der Waals surface area contributed by atoms with Crippen molar-refractivity contribution in [2.45, 2.75) is 45.1 Å². The molecule has 1 aliphatic heterocycles. The van der Waals surface area contributed by atoms with Crippen molar-refractivity contribution in [2.24, 2.45) is 5.92 Å². The predicted molar refractivity (Wildman–Crippen MR) is 82.7 cm³/mol. The summed E-state index contributed by atoms with van der Waals surface area (Å²) in [5.74, 6) is 0.617. The van der Waals surface area contributed by atoms with Gasteiger partial charge in [-0.1, -0.05) is 6.92 Å². The van der Waals surface area contributed by atoms with Crippen LogP contribution in [0.4, 0.5) is 10.1 Å². The maximum Gasteiger partial charge on any atom is 0.299 e. The Balaban J connectivity index is 1.72. The molecule has 0 saturated heterocycles. The number of hydrogen-bond donors (Lipinski definition) is 2. The molecule has 0 atom stereocenters. The molecule has 2 N–H and O–H groups in total. The van der Waals surface area contributed by atoms with E-state index in [0.29, 0.717) is 30.3 Å². The van der Waals surface area contributed by atoms with E-state index in [4.69, 9.17) is 4.74 Å². The van der Waals surface area contributed by atoms with Gasteiger partial charge in [0.05, 0.1) is 12.3 Å². The first kappa shape index (κ1) is 15.6. The Morgan fingerprint density at radius 1 is 1.23 bits per heavy atom. The molecular weight excluding hydrogens is 307 g/mol.